The van der Waals surface area contributed by atoms with Crippen molar-refractivity contribution in [1.82, 2.24) is 19.9 Å². The van der Waals surface area contributed by atoms with Gasteiger partial charge in [0.15, 0.2) is 17.5 Å². The molecule has 0 spiro atoms. The van der Waals surface area contributed by atoms with Gasteiger partial charge in [0, 0.05) is 50.8 Å². The Hall–Kier alpha value is -4.22. The van der Waals surface area contributed by atoms with Gasteiger partial charge in [0.05, 0.1) is 12.7 Å². The molecule has 0 radical (unpaired) electrons. The number of nitrogens with one attached hydrogen (secondary N) is 1. The molecule has 8 nitrogen and oxygen atoms in total. The summed E-state index contributed by atoms with van der Waals surface area (Å²) in [4.78, 5) is 28.5. The van der Waals surface area contributed by atoms with Crippen LogP contribution in [-0.4, -0.2) is 58.2 Å². The van der Waals surface area contributed by atoms with Crippen molar-refractivity contribution in [1.29, 1.82) is 0 Å². The Labute approximate surface area is 204 Å². The highest BCUT2D eigenvalue weighted by Crippen LogP contribution is 2.26. The molecule has 0 saturated heterocycles. The van der Waals surface area contributed by atoms with Gasteiger partial charge in [-0.2, -0.15) is 13.2 Å². The van der Waals surface area contributed by atoms with E-state index in [2.05, 4.69) is 19.9 Å². The van der Waals surface area contributed by atoms with E-state index in [9.17, 15) is 22.4 Å². The molecule has 0 bridgehead atoms. The molecular formula is C24H24F4N6O2. The summed E-state index contributed by atoms with van der Waals surface area (Å²) >= 11 is 0. The third-order valence-corrected chi connectivity index (χ3v) is 5.20. The Morgan fingerprint density at radius 3 is 2.36 bits per heavy atom. The van der Waals surface area contributed by atoms with Gasteiger partial charge in [-0.15, -0.1) is 0 Å². The van der Waals surface area contributed by atoms with Crippen LogP contribution >= 0.6 is 0 Å². The molecule has 0 amide bonds. The molecule has 0 fully saturated rings. The van der Waals surface area contributed by atoms with Crippen molar-refractivity contribution in [3.63, 3.8) is 0 Å². The number of carboxylic acids is 1. The summed E-state index contributed by atoms with van der Waals surface area (Å²) in [5.41, 5.74) is 0.755. The average Bonchev–Trinajstić information content (AvgIpc) is 2.94. The molecule has 2 N–H and O–H groups in total. The Balaban J connectivity index is 1.70. The average molecular weight is 504 g/mol. The van der Waals surface area contributed by atoms with E-state index in [-0.39, 0.29) is 23.6 Å². The van der Waals surface area contributed by atoms with E-state index in [4.69, 9.17) is 5.11 Å². The first-order valence-corrected chi connectivity index (χ1v) is 10.7. The zero-order valence-corrected chi connectivity index (χ0v) is 19.5. The molecule has 1 aromatic carbocycles. The highest BCUT2D eigenvalue weighted by molar-refractivity contribution is 5.70. The van der Waals surface area contributed by atoms with Crippen molar-refractivity contribution in [2.75, 3.05) is 37.0 Å². The number of likely N-dealkylation sites (N-methyl/N-ethyl adjacent to an activating group) is 2. The summed E-state index contributed by atoms with van der Waals surface area (Å²) in [6, 6.07) is 10.2. The number of alkyl halides is 3. The molecule has 0 saturated carbocycles. The van der Waals surface area contributed by atoms with Crippen LogP contribution in [0.25, 0.3) is 11.4 Å². The SMILES string of the molecule is CN(CCN(C)c1ncc(-c2ncccc(C(F)(F)F)[nH]cn2)cc1F)c1ccc(CC(=O)O)cc1. The van der Waals surface area contributed by atoms with Crippen molar-refractivity contribution < 1.29 is 27.5 Å². The van der Waals surface area contributed by atoms with Crippen LogP contribution in [0.15, 0.2) is 61.2 Å². The monoisotopic (exact) mass is 504 g/mol. The van der Waals surface area contributed by atoms with Crippen LogP contribution in [0.5, 0.6) is 0 Å². The summed E-state index contributed by atoms with van der Waals surface area (Å²) in [6.45, 7) is 0.952. The van der Waals surface area contributed by atoms with Gasteiger partial charge in [0.25, 0.3) is 0 Å². The number of carboxylic acid groups (broad SMARTS) is 1. The van der Waals surface area contributed by atoms with Crippen LogP contribution in [0, 0.1) is 5.82 Å². The lowest BCUT2D eigenvalue weighted by Crippen LogP contribution is -2.31. The van der Waals surface area contributed by atoms with E-state index in [0.717, 1.165) is 30.3 Å². The number of carbonyl (C=O) groups is 1. The number of rotatable bonds is 8. The lowest BCUT2D eigenvalue weighted by molar-refractivity contribution is -0.141. The molecule has 0 aliphatic carbocycles. The number of H-pyrrole nitrogens is 1. The minimum atomic E-state index is -4.58. The van der Waals surface area contributed by atoms with E-state index >= 15 is 0 Å². The largest absolute Gasteiger partial charge is 0.481 e. The first kappa shape index (κ1) is 26.4. The van der Waals surface area contributed by atoms with E-state index in [0.29, 0.717) is 18.7 Å². The number of hydrogen-bond acceptors (Lipinski definition) is 6. The Kier molecular flexibility index (Phi) is 8.41. The van der Waals surface area contributed by atoms with Gasteiger partial charge in [-0.25, -0.2) is 19.3 Å². The number of benzene rings is 1. The lowest BCUT2D eigenvalue weighted by atomic mass is 10.1. The number of aromatic nitrogens is 4. The lowest BCUT2D eigenvalue weighted by Gasteiger charge is -2.25. The number of aromatic amines is 1. The Morgan fingerprint density at radius 2 is 1.72 bits per heavy atom. The molecule has 3 aromatic rings. The smallest absolute Gasteiger partial charge is 0.431 e. The van der Waals surface area contributed by atoms with Crippen molar-refractivity contribution in [2.45, 2.75) is 12.6 Å². The molecule has 0 unspecified atom stereocenters. The molecule has 36 heavy (non-hydrogen) atoms. The zero-order valence-electron chi connectivity index (χ0n) is 19.5. The number of aliphatic carboxylic acids is 1. The van der Waals surface area contributed by atoms with Gasteiger partial charge >= 0.3 is 12.1 Å². The Morgan fingerprint density at radius 1 is 1.03 bits per heavy atom. The van der Waals surface area contributed by atoms with Crippen LogP contribution in [0.2, 0.25) is 0 Å². The fourth-order valence-corrected chi connectivity index (χ4v) is 3.23. The van der Waals surface area contributed by atoms with Crippen LogP contribution in [-0.2, 0) is 17.4 Å². The number of nitrogens with zero attached hydrogens (tertiary/aromatic N) is 5. The molecule has 0 atom stereocenters. The normalized spacial score (nSPS) is 11.1. The molecule has 12 heteroatoms. The quantitative estimate of drug-likeness (QED) is 0.440. The van der Waals surface area contributed by atoms with Crippen LogP contribution in [0.3, 0.4) is 0 Å². The van der Waals surface area contributed by atoms with E-state index in [1.165, 1.54) is 12.3 Å². The number of anilines is 2. The third kappa shape index (κ3) is 7.14. The minimum absolute atomic E-state index is 0.0118. The van der Waals surface area contributed by atoms with Gasteiger partial charge in [0.1, 0.15) is 5.69 Å². The van der Waals surface area contributed by atoms with Crippen molar-refractivity contribution in [3.05, 3.63) is 78.3 Å². The molecule has 2 aromatic heterocycles. The zero-order chi connectivity index (χ0) is 26.3. The van der Waals surface area contributed by atoms with Crippen molar-refractivity contribution in [3.8, 4) is 11.4 Å². The van der Waals surface area contributed by atoms with Gasteiger partial charge < -0.3 is 19.9 Å². The molecule has 2 heterocycles. The summed E-state index contributed by atoms with van der Waals surface area (Å²) in [6.07, 6.45) is -1.32. The highest BCUT2D eigenvalue weighted by Gasteiger charge is 2.30. The van der Waals surface area contributed by atoms with E-state index in [1.807, 2.05) is 24.1 Å². The van der Waals surface area contributed by atoms with E-state index < -0.39 is 23.7 Å². The number of pyridine rings is 1. The first-order chi connectivity index (χ1) is 17.0. The van der Waals surface area contributed by atoms with Crippen LogP contribution in [0.1, 0.15) is 11.3 Å². The molecular weight excluding hydrogens is 480 g/mol. The molecule has 0 aliphatic rings. The van der Waals surface area contributed by atoms with Crippen molar-refractivity contribution in [2.24, 2.45) is 0 Å². The fraction of sp³-hybridized carbons (Fsp3) is 0.250. The van der Waals surface area contributed by atoms with Gasteiger partial charge in [-0.1, -0.05) is 12.1 Å². The molecule has 3 rings (SSSR count). The predicted molar refractivity (Wildman–Crippen MR) is 127 cm³/mol. The Bertz CT molecular complexity index is 1250. The topological polar surface area (TPSA) is 98.2 Å². The number of halogens is 4. The summed E-state index contributed by atoms with van der Waals surface area (Å²) in [5, 5.41) is 8.87. The maximum atomic E-state index is 14.9. The standard InChI is InChI=1S/C24H24F4N6O2/c1-33(18-7-5-16(6-8-18)12-21(35)36)10-11-34(2)23-19(25)13-17(14-30-23)22-29-9-3-4-20(24(26,27)28)31-15-32-22/h3-9,13-15H,10-12H2,1-2H3,(H,35,36)(H,29,31,32). The van der Waals surface area contributed by atoms with Gasteiger partial charge in [0.2, 0.25) is 0 Å². The first-order valence-electron chi connectivity index (χ1n) is 10.7. The highest BCUT2D eigenvalue weighted by atomic mass is 19.4. The van der Waals surface area contributed by atoms with Crippen LogP contribution < -0.4 is 9.80 Å². The summed E-state index contributed by atoms with van der Waals surface area (Å²) < 4.78 is 53.6. The molecule has 0 aliphatic heterocycles. The summed E-state index contributed by atoms with van der Waals surface area (Å²) in [7, 11) is 3.54. The molecule has 190 valence electrons. The van der Waals surface area contributed by atoms with E-state index in [1.54, 1.807) is 24.1 Å². The predicted octanol–water partition coefficient (Wildman–Crippen LogP) is 4.35. The van der Waals surface area contributed by atoms with Gasteiger partial charge in [-0.05, 0) is 35.9 Å². The second kappa shape index (κ2) is 11.5. The maximum Gasteiger partial charge on any atom is 0.431 e. The van der Waals surface area contributed by atoms with Crippen molar-refractivity contribution >= 4 is 17.5 Å². The van der Waals surface area contributed by atoms with Crippen LogP contribution in [0.4, 0.5) is 29.1 Å². The maximum absolute atomic E-state index is 14.9. The second-order valence-electron chi connectivity index (χ2n) is 7.88. The summed E-state index contributed by atoms with van der Waals surface area (Å²) in [5.74, 6) is -1.46. The number of hydrogen-bond donors (Lipinski definition) is 2. The minimum Gasteiger partial charge on any atom is -0.481 e. The third-order valence-electron chi connectivity index (χ3n) is 5.20. The second-order valence-corrected chi connectivity index (χ2v) is 7.88. The fourth-order valence-electron chi connectivity index (χ4n) is 3.23. The van der Waals surface area contributed by atoms with Gasteiger partial charge in [-0.3, -0.25) is 4.79 Å².